The van der Waals surface area contributed by atoms with Gasteiger partial charge in [-0.2, -0.15) is 0 Å². The summed E-state index contributed by atoms with van der Waals surface area (Å²) in [5.41, 5.74) is 0.744. The summed E-state index contributed by atoms with van der Waals surface area (Å²) in [7, 11) is -3.06. The second-order valence-corrected chi connectivity index (χ2v) is 7.44. The molecule has 0 aliphatic heterocycles. The number of hydrogen-bond donors (Lipinski definition) is 0. The van der Waals surface area contributed by atoms with Crippen LogP contribution in [0, 0.1) is 0 Å². The van der Waals surface area contributed by atoms with Crippen molar-refractivity contribution in [2.45, 2.75) is 24.9 Å². The summed E-state index contributed by atoms with van der Waals surface area (Å²) in [6, 6.07) is 5.12. The van der Waals surface area contributed by atoms with Gasteiger partial charge in [-0.25, -0.2) is 8.42 Å². The van der Waals surface area contributed by atoms with Crippen molar-refractivity contribution in [2.24, 2.45) is 0 Å². The molecular formula is C10H12BrClO2S. The standard InChI is InChI=1S/C10H12BrClO2S/c1-7(2)15(13,14)6-8-3-4-9(12)5-10(8)11/h3-5,7H,6H2,1-2H3. The molecular weight excluding hydrogens is 300 g/mol. The van der Waals surface area contributed by atoms with E-state index in [0.717, 1.165) is 10.0 Å². The molecule has 0 N–H and O–H groups in total. The number of hydrogen-bond acceptors (Lipinski definition) is 2. The molecule has 1 aromatic carbocycles. The Balaban J connectivity index is 3.01. The van der Waals surface area contributed by atoms with E-state index in [4.69, 9.17) is 11.6 Å². The summed E-state index contributed by atoms with van der Waals surface area (Å²) in [5, 5.41) is 0.229. The molecule has 2 nitrogen and oxygen atoms in total. The zero-order valence-corrected chi connectivity index (χ0v) is 11.7. The van der Waals surface area contributed by atoms with E-state index in [9.17, 15) is 8.42 Å². The summed E-state index contributed by atoms with van der Waals surface area (Å²) >= 11 is 9.07. The fraction of sp³-hybridized carbons (Fsp3) is 0.400. The fourth-order valence-electron chi connectivity index (χ4n) is 1.02. The van der Waals surface area contributed by atoms with Crippen LogP contribution in [0.2, 0.25) is 5.02 Å². The van der Waals surface area contributed by atoms with E-state index < -0.39 is 9.84 Å². The van der Waals surface area contributed by atoms with Crippen molar-refractivity contribution < 1.29 is 8.42 Å². The first-order chi connectivity index (χ1) is 6.83. The van der Waals surface area contributed by atoms with Gasteiger partial charge in [0.15, 0.2) is 9.84 Å². The summed E-state index contributed by atoms with van der Waals surface area (Å²) in [6.45, 7) is 3.36. The molecule has 0 heterocycles. The van der Waals surface area contributed by atoms with E-state index in [1.54, 1.807) is 32.0 Å². The van der Waals surface area contributed by atoms with Gasteiger partial charge < -0.3 is 0 Å². The van der Waals surface area contributed by atoms with Crippen molar-refractivity contribution in [3.05, 3.63) is 33.3 Å². The van der Waals surface area contributed by atoms with Gasteiger partial charge in [0.25, 0.3) is 0 Å². The molecule has 0 aliphatic rings. The minimum atomic E-state index is -3.06. The number of rotatable bonds is 3. The van der Waals surface area contributed by atoms with Crippen molar-refractivity contribution in [3.63, 3.8) is 0 Å². The lowest BCUT2D eigenvalue weighted by molar-refractivity contribution is 0.586. The molecule has 0 fully saturated rings. The molecule has 0 aromatic heterocycles. The van der Waals surface area contributed by atoms with Gasteiger partial charge in [-0.1, -0.05) is 33.6 Å². The fourth-order valence-corrected chi connectivity index (χ4v) is 3.05. The Morgan fingerprint density at radius 2 is 2.00 bits per heavy atom. The van der Waals surface area contributed by atoms with Crippen LogP contribution in [-0.4, -0.2) is 13.7 Å². The summed E-state index contributed by atoms with van der Waals surface area (Å²) < 4.78 is 24.1. The maximum absolute atomic E-state index is 11.7. The largest absolute Gasteiger partial charge is 0.228 e. The number of sulfone groups is 1. The van der Waals surface area contributed by atoms with Gasteiger partial charge in [0.1, 0.15) is 0 Å². The van der Waals surface area contributed by atoms with Gasteiger partial charge in [0, 0.05) is 9.50 Å². The zero-order valence-electron chi connectivity index (χ0n) is 8.50. The molecule has 0 atom stereocenters. The van der Waals surface area contributed by atoms with E-state index >= 15 is 0 Å². The lowest BCUT2D eigenvalue weighted by atomic mass is 10.2. The predicted octanol–water partition coefficient (Wildman–Crippen LogP) is 3.43. The first-order valence-corrected chi connectivity index (χ1v) is 7.37. The topological polar surface area (TPSA) is 34.1 Å². The average Bonchev–Trinajstić information content (AvgIpc) is 2.09. The molecule has 5 heteroatoms. The molecule has 0 spiro atoms. The maximum atomic E-state index is 11.7. The van der Waals surface area contributed by atoms with Gasteiger partial charge in [-0.05, 0) is 31.5 Å². The SMILES string of the molecule is CC(C)S(=O)(=O)Cc1ccc(Cl)cc1Br. The van der Waals surface area contributed by atoms with Gasteiger partial charge in [0.2, 0.25) is 0 Å². The first kappa shape index (κ1) is 13.0. The second kappa shape index (κ2) is 4.85. The third-order valence-corrected chi connectivity index (χ3v) is 5.21. The van der Waals surface area contributed by atoms with Crippen LogP contribution in [-0.2, 0) is 15.6 Å². The van der Waals surface area contributed by atoms with E-state index in [2.05, 4.69) is 15.9 Å². The number of halogens is 2. The molecule has 1 aromatic rings. The highest BCUT2D eigenvalue weighted by Crippen LogP contribution is 2.24. The van der Waals surface area contributed by atoms with Crippen LogP contribution in [0.15, 0.2) is 22.7 Å². The van der Waals surface area contributed by atoms with Gasteiger partial charge in [-0.3, -0.25) is 0 Å². The van der Waals surface area contributed by atoms with Crippen LogP contribution >= 0.6 is 27.5 Å². The van der Waals surface area contributed by atoms with Crippen molar-refractivity contribution in [3.8, 4) is 0 Å². The monoisotopic (exact) mass is 310 g/mol. The van der Waals surface area contributed by atoms with E-state index in [0.29, 0.717) is 5.02 Å². The molecule has 0 saturated heterocycles. The van der Waals surface area contributed by atoms with Crippen molar-refractivity contribution in [1.29, 1.82) is 0 Å². The predicted molar refractivity (Wildman–Crippen MR) is 66.9 cm³/mol. The second-order valence-electron chi connectivity index (χ2n) is 3.59. The Labute approximate surface area is 104 Å². The zero-order chi connectivity index (χ0) is 11.6. The molecule has 84 valence electrons. The number of benzene rings is 1. The van der Waals surface area contributed by atoms with Gasteiger partial charge in [0.05, 0.1) is 11.0 Å². The highest BCUT2D eigenvalue weighted by Gasteiger charge is 2.18. The van der Waals surface area contributed by atoms with Crippen molar-refractivity contribution in [2.75, 3.05) is 0 Å². The van der Waals surface area contributed by atoms with E-state index in [1.807, 2.05) is 0 Å². The molecule has 0 bridgehead atoms. The lowest BCUT2D eigenvalue weighted by Gasteiger charge is -2.09. The van der Waals surface area contributed by atoms with Crippen LogP contribution < -0.4 is 0 Å². The Kier molecular flexibility index (Phi) is 4.20. The minimum Gasteiger partial charge on any atom is -0.228 e. The highest BCUT2D eigenvalue weighted by atomic mass is 79.9. The normalized spacial score (nSPS) is 12.1. The lowest BCUT2D eigenvalue weighted by Crippen LogP contribution is -2.16. The minimum absolute atomic E-state index is 0.0441. The van der Waals surface area contributed by atoms with Crippen molar-refractivity contribution in [1.82, 2.24) is 0 Å². The molecule has 1 rings (SSSR count). The van der Waals surface area contributed by atoms with Gasteiger partial charge in [-0.15, -0.1) is 0 Å². The summed E-state index contributed by atoms with van der Waals surface area (Å²) in [5.74, 6) is 0.0441. The quantitative estimate of drug-likeness (QED) is 0.857. The van der Waals surface area contributed by atoms with Crippen LogP contribution in [0.3, 0.4) is 0 Å². The Morgan fingerprint density at radius 3 is 2.47 bits per heavy atom. The molecule has 0 aliphatic carbocycles. The Morgan fingerprint density at radius 1 is 1.40 bits per heavy atom. The third-order valence-electron chi connectivity index (χ3n) is 2.09. The van der Waals surface area contributed by atoms with Crippen LogP contribution in [0.4, 0.5) is 0 Å². The Hall–Kier alpha value is -0.0600. The van der Waals surface area contributed by atoms with Crippen LogP contribution in [0.25, 0.3) is 0 Å². The van der Waals surface area contributed by atoms with Crippen LogP contribution in [0.1, 0.15) is 19.4 Å². The summed E-state index contributed by atoms with van der Waals surface area (Å²) in [6.07, 6.45) is 0. The molecule has 0 radical (unpaired) electrons. The third kappa shape index (κ3) is 3.47. The van der Waals surface area contributed by atoms with Crippen LogP contribution in [0.5, 0.6) is 0 Å². The highest BCUT2D eigenvalue weighted by molar-refractivity contribution is 9.10. The molecule has 0 saturated carbocycles. The van der Waals surface area contributed by atoms with Crippen molar-refractivity contribution >= 4 is 37.4 Å². The van der Waals surface area contributed by atoms with Gasteiger partial charge >= 0.3 is 0 Å². The molecule has 0 amide bonds. The summed E-state index contributed by atoms with van der Waals surface area (Å²) in [4.78, 5) is 0. The Bertz CT molecular complexity index is 454. The molecule has 0 unspecified atom stereocenters. The first-order valence-electron chi connectivity index (χ1n) is 4.48. The van der Waals surface area contributed by atoms with E-state index in [1.165, 1.54) is 0 Å². The maximum Gasteiger partial charge on any atom is 0.156 e. The molecule has 15 heavy (non-hydrogen) atoms. The average molecular weight is 312 g/mol. The van der Waals surface area contributed by atoms with E-state index in [-0.39, 0.29) is 11.0 Å². The smallest absolute Gasteiger partial charge is 0.156 e.